The number of aliphatic hydroxyl groups is 2. The van der Waals surface area contributed by atoms with Crippen LogP contribution < -0.4 is 0 Å². The Balaban J connectivity index is 2.02. The minimum Gasteiger partial charge on any atom is -0.390 e. The Kier molecular flexibility index (Phi) is 4.50. The molecular formula is C14H19F2NO2. The second-order valence-corrected chi connectivity index (χ2v) is 5.24. The van der Waals surface area contributed by atoms with Gasteiger partial charge in [0.25, 0.3) is 0 Å². The largest absolute Gasteiger partial charge is 0.390 e. The Hall–Kier alpha value is -1.04. The van der Waals surface area contributed by atoms with Gasteiger partial charge in [-0.25, -0.2) is 8.78 Å². The maximum Gasteiger partial charge on any atom is 0.245 e. The van der Waals surface area contributed by atoms with Crippen LogP contribution in [0.25, 0.3) is 0 Å². The second-order valence-electron chi connectivity index (χ2n) is 5.24. The van der Waals surface area contributed by atoms with Gasteiger partial charge in [-0.05, 0) is 12.5 Å². The molecule has 1 aromatic carbocycles. The zero-order valence-electron chi connectivity index (χ0n) is 10.8. The molecule has 1 aliphatic rings. The van der Waals surface area contributed by atoms with E-state index in [1.54, 1.807) is 4.90 Å². The summed E-state index contributed by atoms with van der Waals surface area (Å²) in [6, 6.07) is 7.83. The van der Waals surface area contributed by atoms with Crippen molar-refractivity contribution in [3.63, 3.8) is 0 Å². The van der Waals surface area contributed by atoms with Crippen LogP contribution >= 0.6 is 0 Å². The highest BCUT2D eigenvalue weighted by Gasteiger charge is 2.39. The molecular weight excluding hydrogens is 252 g/mol. The topological polar surface area (TPSA) is 43.7 Å². The van der Waals surface area contributed by atoms with Crippen LogP contribution in [0.15, 0.2) is 24.3 Å². The van der Waals surface area contributed by atoms with Crippen molar-refractivity contribution in [2.45, 2.75) is 32.1 Å². The van der Waals surface area contributed by atoms with Gasteiger partial charge in [-0.15, -0.1) is 0 Å². The first-order valence-corrected chi connectivity index (χ1v) is 6.39. The number of aryl methyl sites for hydroxylation is 1. The number of rotatable bonds is 3. The molecule has 0 spiro atoms. The molecule has 1 fully saturated rings. The van der Waals surface area contributed by atoms with Crippen molar-refractivity contribution in [1.82, 2.24) is 4.90 Å². The molecule has 0 aliphatic carbocycles. The van der Waals surface area contributed by atoms with Crippen LogP contribution in [-0.4, -0.2) is 46.8 Å². The standard InChI is InChI=1S/C14H19F2NO2/c1-9-2-4-10(5-3-9)6-17-7-11(14(15)16)13(19)12(18)8-17/h2-5,11-14,18-19H,6-8H2,1H3. The fourth-order valence-corrected chi connectivity index (χ4v) is 2.45. The van der Waals surface area contributed by atoms with Crippen LogP contribution in [0.2, 0.25) is 0 Å². The number of halogens is 2. The van der Waals surface area contributed by atoms with Gasteiger partial charge < -0.3 is 10.2 Å². The molecule has 2 N–H and O–H groups in total. The number of β-amino-alcohol motifs (C(OH)–C–C–N with tert-alkyl or cyclic N) is 1. The van der Waals surface area contributed by atoms with Crippen molar-refractivity contribution >= 4 is 0 Å². The van der Waals surface area contributed by atoms with Crippen LogP contribution in [0.5, 0.6) is 0 Å². The monoisotopic (exact) mass is 271 g/mol. The predicted molar refractivity (Wildman–Crippen MR) is 68.0 cm³/mol. The van der Waals surface area contributed by atoms with Gasteiger partial charge in [0, 0.05) is 19.6 Å². The lowest BCUT2D eigenvalue weighted by Crippen LogP contribution is -2.54. The molecule has 2 rings (SSSR count). The van der Waals surface area contributed by atoms with E-state index < -0.39 is 24.6 Å². The first-order chi connectivity index (χ1) is 8.97. The third-order valence-corrected chi connectivity index (χ3v) is 3.60. The number of aliphatic hydroxyl groups excluding tert-OH is 2. The van der Waals surface area contributed by atoms with E-state index in [1.807, 2.05) is 31.2 Å². The Bertz CT molecular complexity index is 410. The highest BCUT2D eigenvalue weighted by atomic mass is 19.3. The summed E-state index contributed by atoms with van der Waals surface area (Å²) in [6.07, 6.45) is -5.07. The van der Waals surface area contributed by atoms with Crippen LogP contribution in [-0.2, 0) is 6.54 Å². The molecule has 106 valence electrons. The van der Waals surface area contributed by atoms with Gasteiger partial charge in [-0.1, -0.05) is 29.8 Å². The SMILES string of the molecule is Cc1ccc(CN2CC(O)C(O)C(C(F)F)C2)cc1. The Morgan fingerprint density at radius 1 is 1.21 bits per heavy atom. The number of alkyl halides is 2. The van der Waals surface area contributed by atoms with Gasteiger partial charge in [-0.3, -0.25) is 4.90 Å². The first kappa shape index (κ1) is 14.4. The molecule has 1 heterocycles. The molecule has 3 nitrogen and oxygen atoms in total. The Morgan fingerprint density at radius 2 is 1.84 bits per heavy atom. The molecule has 3 atom stereocenters. The summed E-state index contributed by atoms with van der Waals surface area (Å²) >= 11 is 0. The molecule has 5 heteroatoms. The maximum atomic E-state index is 12.8. The number of hydrogen-bond acceptors (Lipinski definition) is 3. The summed E-state index contributed by atoms with van der Waals surface area (Å²) < 4.78 is 25.6. The number of nitrogens with zero attached hydrogens (tertiary/aromatic N) is 1. The number of likely N-dealkylation sites (tertiary alicyclic amines) is 1. The van der Waals surface area contributed by atoms with Gasteiger partial charge in [0.05, 0.1) is 18.1 Å². The zero-order chi connectivity index (χ0) is 14.0. The summed E-state index contributed by atoms with van der Waals surface area (Å²) in [4.78, 5) is 1.76. The fourth-order valence-electron chi connectivity index (χ4n) is 2.45. The van der Waals surface area contributed by atoms with Gasteiger partial charge >= 0.3 is 0 Å². The van der Waals surface area contributed by atoms with Crippen LogP contribution in [0.3, 0.4) is 0 Å². The summed E-state index contributed by atoms with van der Waals surface area (Å²) in [7, 11) is 0. The van der Waals surface area contributed by atoms with Crippen molar-refractivity contribution < 1.29 is 19.0 Å². The maximum absolute atomic E-state index is 12.8. The molecule has 1 aromatic rings. The molecule has 0 aromatic heterocycles. The molecule has 0 amide bonds. The van der Waals surface area contributed by atoms with E-state index in [0.717, 1.165) is 11.1 Å². The lowest BCUT2D eigenvalue weighted by atomic mass is 9.92. The molecule has 0 saturated carbocycles. The molecule has 0 bridgehead atoms. The van der Waals surface area contributed by atoms with E-state index in [0.29, 0.717) is 6.54 Å². The van der Waals surface area contributed by atoms with Crippen molar-refractivity contribution in [2.75, 3.05) is 13.1 Å². The van der Waals surface area contributed by atoms with Crippen molar-refractivity contribution in [1.29, 1.82) is 0 Å². The fraction of sp³-hybridized carbons (Fsp3) is 0.571. The van der Waals surface area contributed by atoms with Gasteiger partial charge in [0.15, 0.2) is 0 Å². The van der Waals surface area contributed by atoms with Crippen molar-refractivity contribution in [3.05, 3.63) is 35.4 Å². The van der Waals surface area contributed by atoms with Crippen LogP contribution in [0.4, 0.5) is 8.78 Å². The molecule has 0 radical (unpaired) electrons. The van der Waals surface area contributed by atoms with Crippen molar-refractivity contribution in [3.8, 4) is 0 Å². The smallest absolute Gasteiger partial charge is 0.245 e. The van der Waals surface area contributed by atoms with E-state index in [-0.39, 0.29) is 13.1 Å². The quantitative estimate of drug-likeness (QED) is 0.873. The predicted octanol–water partition coefficient (Wildman–Crippen LogP) is 1.41. The van der Waals surface area contributed by atoms with Gasteiger partial charge in [0.2, 0.25) is 6.43 Å². The average Bonchev–Trinajstić information content (AvgIpc) is 2.36. The second kappa shape index (κ2) is 5.94. The Morgan fingerprint density at radius 3 is 2.42 bits per heavy atom. The zero-order valence-corrected chi connectivity index (χ0v) is 10.8. The first-order valence-electron chi connectivity index (χ1n) is 6.39. The lowest BCUT2D eigenvalue weighted by Gasteiger charge is -2.38. The van der Waals surface area contributed by atoms with Gasteiger partial charge in [0.1, 0.15) is 0 Å². The molecule has 19 heavy (non-hydrogen) atoms. The number of piperidine rings is 1. The minimum atomic E-state index is -2.62. The summed E-state index contributed by atoms with van der Waals surface area (Å²) in [6.45, 7) is 2.81. The highest BCUT2D eigenvalue weighted by Crippen LogP contribution is 2.24. The van der Waals surface area contributed by atoms with E-state index >= 15 is 0 Å². The molecule has 1 aliphatic heterocycles. The minimum absolute atomic E-state index is 0.101. The lowest BCUT2D eigenvalue weighted by molar-refractivity contribution is -0.118. The third-order valence-electron chi connectivity index (χ3n) is 3.60. The van der Waals surface area contributed by atoms with Crippen LogP contribution in [0, 0.1) is 12.8 Å². The van der Waals surface area contributed by atoms with Crippen LogP contribution in [0.1, 0.15) is 11.1 Å². The third kappa shape index (κ3) is 3.49. The highest BCUT2D eigenvalue weighted by molar-refractivity contribution is 5.21. The summed E-state index contributed by atoms with van der Waals surface area (Å²) in [5.74, 6) is -1.19. The van der Waals surface area contributed by atoms with Crippen molar-refractivity contribution in [2.24, 2.45) is 5.92 Å². The molecule has 3 unspecified atom stereocenters. The van der Waals surface area contributed by atoms with Gasteiger partial charge in [-0.2, -0.15) is 0 Å². The Labute approximate surface area is 111 Å². The number of benzene rings is 1. The normalized spacial score (nSPS) is 28.8. The van der Waals surface area contributed by atoms with E-state index in [9.17, 15) is 19.0 Å². The number of hydrogen-bond donors (Lipinski definition) is 2. The summed E-state index contributed by atoms with van der Waals surface area (Å²) in [5.41, 5.74) is 2.16. The van der Waals surface area contributed by atoms with E-state index in [1.165, 1.54) is 0 Å². The van der Waals surface area contributed by atoms with E-state index in [4.69, 9.17) is 0 Å². The summed E-state index contributed by atoms with van der Waals surface area (Å²) in [5, 5.41) is 19.2. The van der Waals surface area contributed by atoms with E-state index in [2.05, 4.69) is 0 Å². The average molecular weight is 271 g/mol. The molecule has 1 saturated heterocycles.